The van der Waals surface area contributed by atoms with Crippen LogP contribution in [0.1, 0.15) is 35.3 Å². The Morgan fingerprint density at radius 2 is 1.66 bits per heavy atom. The van der Waals surface area contributed by atoms with Gasteiger partial charge in [-0.1, -0.05) is 56.3 Å². The quantitative estimate of drug-likeness (QED) is 0.489. The van der Waals surface area contributed by atoms with Crippen LogP contribution in [-0.2, 0) is 12.0 Å². The Morgan fingerprint density at radius 3 is 2.52 bits per heavy atom. The third kappa shape index (κ3) is 2.75. The molecule has 1 aromatic heterocycles. The number of pyridine rings is 1. The van der Waals surface area contributed by atoms with Crippen molar-refractivity contribution >= 4 is 27.7 Å². The molecule has 1 amide bonds. The number of nitrogens with zero attached hydrogens (tertiary/aromatic N) is 1. The van der Waals surface area contributed by atoms with E-state index in [-0.39, 0.29) is 16.8 Å². The van der Waals surface area contributed by atoms with Crippen molar-refractivity contribution in [2.75, 3.05) is 6.54 Å². The minimum Gasteiger partial charge on any atom is -0.354 e. The van der Waals surface area contributed by atoms with Crippen LogP contribution in [0.4, 0.5) is 0 Å². The summed E-state index contributed by atoms with van der Waals surface area (Å²) in [5.74, 6) is -0.0518. The number of carbonyl (C=O) groups is 1. The number of carbonyl (C=O) groups excluding carboxylic acids is 1. The van der Waals surface area contributed by atoms with Crippen LogP contribution >= 0.6 is 0 Å². The molecule has 0 saturated heterocycles. The van der Waals surface area contributed by atoms with Gasteiger partial charge in [0.05, 0.1) is 11.1 Å². The van der Waals surface area contributed by atoms with Crippen LogP contribution in [0.3, 0.4) is 0 Å². The molecule has 0 unspecified atom stereocenters. The topological polar surface area (TPSA) is 53.2 Å². The summed E-state index contributed by atoms with van der Waals surface area (Å²) in [6.45, 7) is 5.55. The molecule has 0 bridgehead atoms. The van der Waals surface area contributed by atoms with E-state index in [2.05, 4.69) is 37.0 Å². The number of aromatic amines is 1. The number of hydrogen-bond acceptors (Lipinski definition) is 2. The average Bonchev–Trinajstić information content (AvgIpc) is 2.73. The van der Waals surface area contributed by atoms with Gasteiger partial charge in [-0.25, -0.2) is 0 Å². The van der Waals surface area contributed by atoms with Gasteiger partial charge in [0.1, 0.15) is 0 Å². The summed E-state index contributed by atoms with van der Waals surface area (Å²) < 4.78 is 0. The zero-order valence-corrected chi connectivity index (χ0v) is 16.5. The molecule has 4 nitrogen and oxygen atoms in total. The maximum atomic E-state index is 13.6. The Bertz CT molecular complexity index is 1330. The number of hydrogen-bond donors (Lipinski definition) is 1. The summed E-state index contributed by atoms with van der Waals surface area (Å²) in [6.07, 6.45) is 0. The third-order valence-electron chi connectivity index (χ3n) is 5.95. The largest absolute Gasteiger partial charge is 0.354 e. The predicted octanol–water partition coefficient (Wildman–Crippen LogP) is 4.61. The van der Waals surface area contributed by atoms with Crippen LogP contribution in [0.15, 0.2) is 71.5 Å². The number of fused-ring (bicyclic) bond motifs is 3. The van der Waals surface area contributed by atoms with Crippen molar-refractivity contribution in [1.29, 1.82) is 0 Å². The lowest BCUT2D eigenvalue weighted by Crippen LogP contribution is -2.45. The summed E-state index contributed by atoms with van der Waals surface area (Å²) in [7, 11) is 0. The zero-order chi connectivity index (χ0) is 20.2. The zero-order valence-electron chi connectivity index (χ0n) is 16.5. The summed E-state index contributed by atoms with van der Waals surface area (Å²) in [5, 5.41) is 1.18. The van der Waals surface area contributed by atoms with E-state index in [1.54, 1.807) is 12.1 Å². The lowest BCUT2D eigenvalue weighted by molar-refractivity contribution is 0.0688. The van der Waals surface area contributed by atoms with Crippen LogP contribution in [-0.4, -0.2) is 22.3 Å². The van der Waals surface area contributed by atoms with E-state index in [1.807, 2.05) is 41.3 Å². The molecule has 0 radical (unpaired) electrons. The molecule has 0 spiro atoms. The Labute approximate surface area is 168 Å². The first-order valence-corrected chi connectivity index (χ1v) is 9.87. The number of nitrogens with one attached hydrogen (secondary N) is 1. The highest BCUT2D eigenvalue weighted by Gasteiger charge is 2.34. The van der Waals surface area contributed by atoms with E-state index in [0.717, 1.165) is 5.52 Å². The third-order valence-corrected chi connectivity index (χ3v) is 5.95. The first-order chi connectivity index (χ1) is 14.0. The van der Waals surface area contributed by atoms with Gasteiger partial charge in [-0.05, 0) is 35.4 Å². The van der Waals surface area contributed by atoms with Gasteiger partial charge in [0.25, 0.3) is 5.91 Å². The molecule has 0 saturated carbocycles. The predicted molar refractivity (Wildman–Crippen MR) is 116 cm³/mol. The number of rotatable bonds is 1. The molecule has 0 aliphatic carbocycles. The highest BCUT2D eigenvalue weighted by Crippen LogP contribution is 2.34. The van der Waals surface area contributed by atoms with Crippen molar-refractivity contribution in [1.82, 2.24) is 9.88 Å². The lowest BCUT2D eigenvalue weighted by atomic mass is 9.78. The van der Waals surface area contributed by atoms with Gasteiger partial charge in [-0.2, -0.15) is 0 Å². The van der Waals surface area contributed by atoms with Crippen LogP contribution in [0, 0.1) is 0 Å². The van der Waals surface area contributed by atoms with Crippen molar-refractivity contribution < 1.29 is 4.79 Å². The standard InChI is InChI=1S/C25H22N2O2/c1-25(2)15-27(14-16-8-3-5-12-20(16)25)24(29)19-11-7-10-18-22(19)26-21-13-6-4-9-17(21)23(18)28/h3-13H,14-15H2,1-2H3,(H,26,28). The monoisotopic (exact) mass is 382 g/mol. The Morgan fingerprint density at radius 1 is 0.931 bits per heavy atom. The minimum absolute atomic E-state index is 0.0479. The Balaban J connectivity index is 1.65. The minimum atomic E-state index is -0.130. The second kappa shape index (κ2) is 6.31. The summed E-state index contributed by atoms with van der Waals surface area (Å²) >= 11 is 0. The van der Waals surface area contributed by atoms with Gasteiger partial charge in [0, 0.05) is 34.8 Å². The molecule has 3 aromatic carbocycles. The fraction of sp³-hybridized carbons (Fsp3) is 0.200. The number of amides is 1. The fourth-order valence-corrected chi connectivity index (χ4v) is 4.58. The number of H-pyrrole nitrogens is 1. The Hall–Kier alpha value is -3.40. The van der Waals surface area contributed by atoms with Gasteiger partial charge in [-0.15, -0.1) is 0 Å². The molecule has 1 aliphatic heterocycles. The molecule has 0 atom stereocenters. The molecule has 144 valence electrons. The van der Waals surface area contributed by atoms with Crippen molar-refractivity contribution in [2.24, 2.45) is 0 Å². The second-order valence-electron chi connectivity index (χ2n) is 8.43. The van der Waals surface area contributed by atoms with Crippen LogP contribution in [0.5, 0.6) is 0 Å². The molecular weight excluding hydrogens is 360 g/mol. The van der Waals surface area contributed by atoms with E-state index >= 15 is 0 Å². The molecule has 1 N–H and O–H groups in total. The van der Waals surface area contributed by atoms with Crippen LogP contribution in [0.2, 0.25) is 0 Å². The second-order valence-corrected chi connectivity index (χ2v) is 8.43. The van der Waals surface area contributed by atoms with Gasteiger partial charge < -0.3 is 9.88 Å². The lowest BCUT2D eigenvalue weighted by Gasteiger charge is -2.40. The maximum absolute atomic E-state index is 13.6. The van der Waals surface area contributed by atoms with E-state index in [1.165, 1.54) is 11.1 Å². The van der Waals surface area contributed by atoms with Gasteiger partial charge in [0.2, 0.25) is 0 Å². The van der Waals surface area contributed by atoms with Gasteiger partial charge in [0.15, 0.2) is 5.43 Å². The van der Waals surface area contributed by atoms with Crippen molar-refractivity contribution in [3.8, 4) is 0 Å². The molecule has 0 fully saturated rings. The van der Waals surface area contributed by atoms with E-state index in [4.69, 9.17) is 0 Å². The molecule has 4 aromatic rings. The molecule has 5 rings (SSSR count). The highest BCUT2D eigenvalue weighted by atomic mass is 16.2. The number of aromatic nitrogens is 1. The summed E-state index contributed by atoms with van der Waals surface area (Å²) in [4.78, 5) is 31.7. The maximum Gasteiger partial charge on any atom is 0.256 e. The molecule has 2 heterocycles. The van der Waals surface area contributed by atoms with Crippen LogP contribution < -0.4 is 5.43 Å². The van der Waals surface area contributed by atoms with Crippen molar-refractivity contribution in [3.05, 3.63) is 93.6 Å². The highest BCUT2D eigenvalue weighted by molar-refractivity contribution is 6.07. The number of benzene rings is 3. The van der Waals surface area contributed by atoms with E-state index < -0.39 is 0 Å². The number of para-hydroxylation sites is 2. The summed E-state index contributed by atoms with van der Waals surface area (Å²) in [5.41, 5.74) is 4.19. The van der Waals surface area contributed by atoms with Crippen molar-refractivity contribution in [2.45, 2.75) is 25.8 Å². The van der Waals surface area contributed by atoms with E-state index in [9.17, 15) is 9.59 Å². The molecular formula is C25H22N2O2. The fourth-order valence-electron chi connectivity index (χ4n) is 4.58. The van der Waals surface area contributed by atoms with Crippen molar-refractivity contribution in [3.63, 3.8) is 0 Å². The molecule has 4 heteroatoms. The summed E-state index contributed by atoms with van der Waals surface area (Å²) in [6, 6.07) is 21.1. The van der Waals surface area contributed by atoms with Gasteiger partial charge >= 0.3 is 0 Å². The molecule has 1 aliphatic rings. The normalized spacial score (nSPS) is 15.4. The molecule has 29 heavy (non-hydrogen) atoms. The first kappa shape index (κ1) is 17.7. The average molecular weight is 382 g/mol. The smallest absolute Gasteiger partial charge is 0.256 e. The SMILES string of the molecule is CC1(C)CN(C(=O)c2cccc3c(=O)c4ccccc4[nH]c23)Cc2ccccc21. The first-order valence-electron chi connectivity index (χ1n) is 9.87. The van der Waals surface area contributed by atoms with E-state index in [0.29, 0.717) is 34.9 Å². The van der Waals surface area contributed by atoms with Gasteiger partial charge in [-0.3, -0.25) is 9.59 Å². The Kier molecular flexibility index (Phi) is 3.85. The van der Waals surface area contributed by atoms with Crippen LogP contribution in [0.25, 0.3) is 21.8 Å².